The van der Waals surface area contributed by atoms with Gasteiger partial charge in [0, 0.05) is 66.0 Å². The zero-order valence-corrected chi connectivity index (χ0v) is 16.8. The van der Waals surface area contributed by atoms with Crippen LogP contribution >= 0.6 is 0 Å². The maximum Gasteiger partial charge on any atom is 0.219 e. The molecule has 0 radical (unpaired) electrons. The molecule has 3 heterocycles. The van der Waals surface area contributed by atoms with Crippen molar-refractivity contribution in [2.75, 3.05) is 44.7 Å². The highest BCUT2D eigenvalue weighted by Crippen LogP contribution is 2.19. The molecule has 27 heavy (non-hydrogen) atoms. The van der Waals surface area contributed by atoms with Crippen molar-refractivity contribution in [1.29, 1.82) is 0 Å². The Morgan fingerprint density at radius 1 is 1.30 bits per heavy atom. The molecule has 2 saturated heterocycles. The average Bonchev–Trinajstić information content (AvgIpc) is 3.12. The van der Waals surface area contributed by atoms with Gasteiger partial charge in [-0.05, 0) is 31.6 Å². The number of aromatic nitrogens is 2. The number of guanidine groups is 1. The van der Waals surface area contributed by atoms with E-state index in [1.165, 1.54) is 5.69 Å². The molecule has 8 heteroatoms. The number of rotatable bonds is 4. The number of nitrogens with one attached hydrogen (secondary N) is 2. The molecule has 1 aromatic rings. The topological polar surface area (TPSA) is 77.8 Å². The highest BCUT2D eigenvalue weighted by Gasteiger charge is 2.23. The van der Waals surface area contributed by atoms with Gasteiger partial charge in [-0.3, -0.25) is 14.5 Å². The van der Waals surface area contributed by atoms with Crippen LogP contribution in [0.1, 0.15) is 32.6 Å². The molecule has 150 valence electrons. The molecule has 0 aliphatic carbocycles. The summed E-state index contributed by atoms with van der Waals surface area (Å²) in [5.41, 5.74) is 1.18. The molecule has 2 aliphatic heterocycles. The maximum atomic E-state index is 11.4. The van der Waals surface area contributed by atoms with Crippen molar-refractivity contribution >= 4 is 17.6 Å². The molecule has 3 rings (SSSR count). The third-order valence-electron chi connectivity index (χ3n) is 5.66. The van der Waals surface area contributed by atoms with E-state index in [1.807, 2.05) is 29.9 Å². The quantitative estimate of drug-likeness (QED) is 0.602. The fourth-order valence-electron chi connectivity index (χ4n) is 3.98. The number of carbonyl (C=O) groups is 1. The lowest BCUT2D eigenvalue weighted by Crippen LogP contribution is -2.52. The molecule has 1 aromatic heterocycles. The van der Waals surface area contributed by atoms with Gasteiger partial charge in [-0.25, -0.2) is 0 Å². The zero-order chi connectivity index (χ0) is 19.2. The van der Waals surface area contributed by atoms with Gasteiger partial charge in [-0.15, -0.1) is 0 Å². The lowest BCUT2D eigenvalue weighted by atomic mass is 9.97. The maximum absolute atomic E-state index is 11.4. The fraction of sp³-hybridized carbons (Fsp3) is 0.737. The van der Waals surface area contributed by atoms with Gasteiger partial charge in [0.1, 0.15) is 0 Å². The number of aryl methyl sites for hydroxylation is 1. The number of hydrogen-bond acceptors (Lipinski definition) is 4. The molecule has 8 nitrogen and oxygen atoms in total. The van der Waals surface area contributed by atoms with Crippen molar-refractivity contribution in [3.63, 3.8) is 0 Å². The van der Waals surface area contributed by atoms with E-state index in [0.717, 1.165) is 64.4 Å². The first-order chi connectivity index (χ1) is 13.0. The Morgan fingerprint density at radius 3 is 2.70 bits per heavy atom. The molecule has 2 N–H and O–H groups in total. The van der Waals surface area contributed by atoms with Gasteiger partial charge >= 0.3 is 0 Å². The normalized spacial score (nSPS) is 22.0. The predicted molar refractivity (Wildman–Crippen MR) is 108 cm³/mol. The van der Waals surface area contributed by atoms with Gasteiger partial charge in [0.2, 0.25) is 5.91 Å². The number of nitrogens with zero attached hydrogens (tertiary/aromatic N) is 5. The van der Waals surface area contributed by atoms with Crippen LogP contribution in [0.2, 0.25) is 0 Å². The number of amides is 1. The van der Waals surface area contributed by atoms with Crippen LogP contribution in [-0.2, 0) is 11.8 Å². The number of hydrogen-bond donors (Lipinski definition) is 2. The Hall–Kier alpha value is -2.25. The summed E-state index contributed by atoms with van der Waals surface area (Å²) in [4.78, 5) is 20.2. The molecule has 1 atom stereocenters. The molecular formula is C19H33N7O. The third-order valence-corrected chi connectivity index (χ3v) is 5.66. The monoisotopic (exact) mass is 375 g/mol. The molecule has 1 amide bonds. The van der Waals surface area contributed by atoms with Gasteiger partial charge in [0.25, 0.3) is 0 Å². The third kappa shape index (κ3) is 5.37. The number of aliphatic imine (C=N–C) groups is 1. The second-order valence-electron chi connectivity index (χ2n) is 7.70. The van der Waals surface area contributed by atoms with E-state index in [-0.39, 0.29) is 5.91 Å². The van der Waals surface area contributed by atoms with Gasteiger partial charge in [0.15, 0.2) is 5.96 Å². The predicted octanol–water partition coefficient (Wildman–Crippen LogP) is 0.812. The first-order valence-corrected chi connectivity index (χ1v) is 10.0. The SMILES string of the molecule is CN=C(NCC1CCN(C(C)=O)CC1)NC1CCCN(c2cnn(C)c2)C1. The summed E-state index contributed by atoms with van der Waals surface area (Å²) in [5, 5.41) is 11.4. The summed E-state index contributed by atoms with van der Waals surface area (Å²) < 4.78 is 1.85. The number of likely N-dealkylation sites (tertiary alicyclic amines) is 1. The number of piperidine rings is 2. The van der Waals surface area contributed by atoms with E-state index in [1.54, 1.807) is 6.92 Å². The standard InChI is InChI=1S/C19H33N7O/c1-15(27)25-9-6-16(7-10-25)11-21-19(20-2)23-17-5-4-8-26(13-17)18-12-22-24(3)14-18/h12,14,16-17H,4-11,13H2,1-3H3,(H2,20,21,23). The van der Waals surface area contributed by atoms with Crippen LogP contribution in [-0.4, -0.2) is 72.4 Å². The Morgan fingerprint density at radius 2 is 2.07 bits per heavy atom. The van der Waals surface area contributed by atoms with Crippen LogP contribution in [0.25, 0.3) is 0 Å². The van der Waals surface area contributed by atoms with Crippen molar-refractivity contribution in [2.24, 2.45) is 18.0 Å². The summed E-state index contributed by atoms with van der Waals surface area (Å²) >= 11 is 0. The molecule has 0 spiro atoms. The minimum atomic E-state index is 0.189. The molecule has 2 aliphatic rings. The summed E-state index contributed by atoms with van der Waals surface area (Å²) in [7, 11) is 3.78. The molecule has 0 saturated carbocycles. The highest BCUT2D eigenvalue weighted by atomic mass is 16.2. The van der Waals surface area contributed by atoms with Gasteiger partial charge in [0.05, 0.1) is 11.9 Å². The Balaban J connectivity index is 1.44. The van der Waals surface area contributed by atoms with Gasteiger partial charge < -0.3 is 20.4 Å². The van der Waals surface area contributed by atoms with E-state index in [4.69, 9.17) is 0 Å². The fourth-order valence-corrected chi connectivity index (χ4v) is 3.98. The second-order valence-corrected chi connectivity index (χ2v) is 7.70. The van der Waals surface area contributed by atoms with Crippen molar-refractivity contribution in [3.05, 3.63) is 12.4 Å². The average molecular weight is 376 g/mol. The molecular weight excluding hydrogens is 342 g/mol. The van der Waals surface area contributed by atoms with E-state index in [9.17, 15) is 4.79 Å². The molecule has 1 unspecified atom stereocenters. The van der Waals surface area contributed by atoms with Crippen LogP contribution in [0.4, 0.5) is 5.69 Å². The van der Waals surface area contributed by atoms with Crippen LogP contribution in [0.3, 0.4) is 0 Å². The van der Waals surface area contributed by atoms with E-state index in [0.29, 0.717) is 12.0 Å². The highest BCUT2D eigenvalue weighted by molar-refractivity contribution is 5.80. The summed E-state index contributed by atoms with van der Waals surface area (Å²) in [6.07, 6.45) is 8.43. The Labute approximate surface area is 162 Å². The van der Waals surface area contributed by atoms with E-state index >= 15 is 0 Å². The molecule has 2 fully saturated rings. The van der Waals surface area contributed by atoms with Crippen LogP contribution in [0.15, 0.2) is 17.4 Å². The minimum absolute atomic E-state index is 0.189. The van der Waals surface area contributed by atoms with Crippen LogP contribution < -0.4 is 15.5 Å². The Kier molecular flexibility index (Phi) is 6.58. The second kappa shape index (κ2) is 9.10. The van der Waals surface area contributed by atoms with Crippen LogP contribution in [0, 0.1) is 5.92 Å². The summed E-state index contributed by atoms with van der Waals surface area (Å²) in [5.74, 6) is 1.66. The molecule has 0 bridgehead atoms. The van der Waals surface area contributed by atoms with Gasteiger partial charge in [-0.1, -0.05) is 0 Å². The van der Waals surface area contributed by atoms with Crippen molar-refractivity contribution in [2.45, 2.75) is 38.6 Å². The first kappa shape index (κ1) is 19.5. The van der Waals surface area contributed by atoms with Crippen LogP contribution in [0.5, 0.6) is 0 Å². The van der Waals surface area contributed by atoms with E-state index in [2.05, 4.69) is 31.8 Å². The van der Waals surface area contributed by atoms with Crippen molar-refractivity contribution in [3.8, 4) is 0 Å². The lowest BCUT2D eigenvalue weighted by molar-refractivity contribution is -0.130. The number of carbonyl (C=O) groups excluding carboxylic acids is 1. The summed E-state index contributed by atoms with van der Waals surface area (Å²) in [6.45, 7) is 6.34. The van der Waals surface area contributed by atoms with Crippen molar-refractivity contribution < 1.29 is 4.79 Å². The smallest absolute Gasteiger partial charge is 0.219 e. The first-order valence-electron chi connectivity index (χ1n) is 10.0. The number of anilines is 1. The summed E-state index contributed by atoms with van der Waals surface area (Å²) in [6, 6.07) is 0.379. The Bertz CT molecular complexity index is 648. The van der Waals surface area contributed by atoms with E-state index < -0.39 is 0 Å². The largest absolute Gasteiger partial charge is 0.367 e. The molecule has 0 aromatic carbocycles. The van der Waals surface area contributed by atoms with Gasteiger partial charge in [-0.2, -0.15) is 5.10 Å². The zero-order valence-electron chi connectivity index (χ0n) is 16.8. The van der Waals surface area contributed by atoms with Crippen molar-refractivity contribution in [1.82, 2.24) is 25.3 Å². The minimum Gasteiger partial charge on any atom is -0.367 e. The lowest BCUT2D eigenvalue weighted by Gasteiger charge is -2.35.